The first kappa shape index (κ1) is 20.4. The number of sulfonamides is 1. The molecule has 0 aliphatic carbocycles. The van der Waals surface area contributed by atoms with Gasteiger partial charge in [0.2, 0.25) is 10.0 Å². The van der Waals surface area contributed by atoms with Crippen molar-refractivity contribution in [3.63, 3.8) is 0 Å². The highest BCUT2D eigenvalue weighted by molar-refractivity contribution is 7.89. The van der Waals surface area contributed by atoms with Crippen LogP contribution in [-0.2, 0) is 29.5 Å². The molecule has 10 heteroatoms. The number of fused-ring (bicyclic) bond motifs is 1. The monoisotopic (exact) mass is 399 g/mol. The third-order valence-electron chi connectivity index (χ3n) is 4.19. The van der Waals surface area contributed by atoms with Crippen molar-refractivity contribution in [2.75, 3.05) is 20.6 Å². The van der Waals surface area contributed by atoms with E-state index in [1.807, 2.05) is 0 Å². The van der Waals surface area contributed by atoms with Crippen molar-refractivity contribution < 1.29 is 13.2 Å². The van der Waals surface area contributed by atoms with Gasteiger partial charge in [-0.15, -0.1) is 12.4 Å². The van der Waals surface area contributed by atoms with Crippen LogP contribution in [0.3, 0.4) is 0 Å². The van der Waals surface area contributed by atoms with E-state index in [-0.39, 0.29) is 29.8 Å². The smallest absolute Gasteiger partial charge is 0.272 e. The summed E-state index contributed by atoms with van der Waals surface area (Å²) in [5, 5.41) is 13.0. The fraction of sp³-hybridized carbons (Fsp3) is 0.375. The number of halogens is 1. The first-order valence-electron chi connectivity index (χ1n) is 7.96. The average Bonchev–Trinajstić information content (AvgIpc) is 3.04. The number of hydrogen-bond acceptors (Lipinski definition) is 5. The minimum atomic E-state index is -3.57. The number of nitrogens with zero attached hydrogens (tertiary/aromatic N) is 2. The summed E-state index contributed by atoms with van der Waals surface area (Å²) in [7, 11) is -0.614. The number of benzene rings is 1. The van der Waals surface area contributed by atoms with E-state index in [0.717, 1.165) is 28.5 Å². The van der Waals surface area contributed by atoms with E-state index in [9.17, 15) is 13.2 Å². The minimum absolute atomic E-state index is 0. The molecule has 0 saturated carbocycles. The Labute approximate surface area is 158 Å². The summed E-state index contributed by atoms with van der Waals surface area (Å²) in [6, 6.07) is 6.64. The van der Waals surface area contributed by atoms with Crippen LogP contribution in [0.4, 0.5) is 0 Å². The molecule has 142 valence electrons. The number of aromatic nitrogens is 2. The van der Waals surface area contributed by atoms with Crippen LogP contribution in [0.1, 0.15) is 27.3 Å². The molecule has 1 aromatic carbocycles. The Kier molecular flexibility index (Phi) is 6.40. The zero-order valence-electron chi connectivity index (χ0n) is 14.6. The second-order valence-corrected chi connectivity index (χ2v) is 8.15. The van der Waals surface area contributed by atoms with Crippen molar-refractivity contribution in [3.05, 3.63) is 46.8 Å². The maximum atomic E-state index is 12.5. The second kappa shape index (κ2) is 8.17. The molecule has 1 aliphatic rings. The molecule has 2 aromatic rings. The van der Waals surface area contributed by atoms with Gasteiger partial charge in [0.25, 0.3) is 5.91 Å². The Morgan fingerprint density at radius 3 is 2.77 bits per heavy atom. The summed E-state index contributed by atoms with van der Waals surface area (Å²) < 4.78 is 26.0. The van der Waals surface area contributed by atoms with Gasteiger partial charge in [0.1, 0.15) is 0 Å². The number of H-pyrrole nitrogens is 1. The SMILES string of the molecule is CN(C)S(=O)(=O)c1ccccc1CNC(=O)c1n[nH]c2c1CNCC2.Cl. The summed E-state index contributed by atoms with van der Waals surface area (Å²) >= 11 is 0. The van der Waals surface area contributed by atoms with E-state index in [1.54, 1.807) is 18.2 Å². The van der Waals surface area contributed by atoms with E-state index < -0.39 is 10.0 Å². The normalized spacial score (nSPS) is 13.8. The first-order valence-corrected chi connectivity index (χ1v) is 9.40. The van der Waals surface area contributed by atoms with Gasteiger partial charge < -0.3 is 10.6 Å². The molecule has 0 bridgehead atoms. The third-order valence-corrected chi connectivity index (χ3v) is 6.11. The van der Waals surface area contributed by atoms with Crippen LogP contribution in [0.15, 0.2) is 29.2 Å². The number of rotatable bonds is 5. The molecule has 0 fully saturated rings. The number of hydrogen-bond donors (Lipinski definition) is 3. The van der Waals surface area contributed by atoms with Crippen LogP contribution in [0.2, 0.25) is 0 Å². The highest BCUT2D eigenvalue weighted by atomic mass is 35.5. The lowest BCUT2D eigenvalue weighted by molar-refractivity contribution is 0.0944. The molecule has 26 heavy (non-hydrogen) atoms. The van der Waals surface area contributed by atoms with Gasteiger partial charge in [-0.05, 0) is 11.6 Å². The topological polar surface area (TPSA) is 107 Å². The Morgan fingerprint density at radius 2 is 2.04 bits per heavy atom. The molecule has 0 spiro atoms. The van der Waals surface area contributed by atoms with E-state index in [2.05, 4.69) is 20.8 Å². The number of nitrogens with one attached hydrogen (secondary N) is 3. The van der Waals surface area contributed by atoms with Crippen LogP contribution in [-0.4, -0.2) is 49.5 Å². The Hall–Kier alpha value is -1.94. The standard InChI is InChI=1S/C16H21N5O3S.ClH/c1-21(2)25(23,24)14-6-4-3-5-11(14)9-18-16(22)15-12-10-17-8-7-13(12)19-20-15;/h3-6,17H,7-10H2,1-2H3,(H,18,22)(H,19,20);1H. The van der Waals surface area contributed by atoms with E-state index in [4.69, 9.17) is 0 Å². The van der Waals surface area contributed by atoms with E-state index >= 15 is 0 Å². The van der Waals surface area contributed by atoms with Crippen molar-refractivity contribution >= 4 is 28.3 Å². The molecule has 8 nitrogen and oxygen atoms in total. The molecule has 1 aromatic heterocycles. The van der Waals surface area contributed by atoms with Crippen LogP contribution >= 0.6 is 12.4 Å². The van der Waals surface area contributed by atoms with Gasteiger partial charge in [-0.3, -0.25) is 9.89 Å². The molecular formula is C16H22ClN5O3S. The van der Waals surface area contributed by atoms with Crippen molar-refractivity contribution in [1.82, 2.24) is 25.1 Å². The lowest BCUT2D eigenvalue weighted by Crippen LogP contribution is -2.29. The minimum Gasteiger partial charge on any atom is -0.347 e. The number of aromatic amines is 1. The molecule has 1 aliphatic heterocycles. The molecule has 1 amide bonds. The van der Waals surface area contributed by atoms with Gasteiger partial charge in [-0.25, -0.2) is 12.7 Å². The zero-order chi connectivity index (χ0) is 18.0. The average molecular weight is 400 g/mol. The quantitative estimate of drug-likeness (QED) is 0.684. The third kappa shape index (κ3) is 3.90. The molecule has 0 saturated heterocycles. The lowest BCUT2D eigenvalue weighted by atomic mass is 10.1. The molecular weight excluding hydrogens is 378 g/mol. The van der Waals surface area contributed by atoms with Gasteiger partial charge in [-0.2, -0.15) is 5.10 Å². The van der Waals surface area contributed by atoms with Crippen LogP contribution < -0.4 is 10.6 Å². The van der Waals surface area contributed by atoms with Gasteiger partial charge in [0.15, 0.2) is 5.69 Å². The molecule has 0 unspecified atom stereocenters. The van der Waals surface area contributed by atoms with Crippen molar-refractivity contribution in [3.8, 4) is 0 Å². The number of carbonyl (C=O) groups excluding carboxylic acids is 1. The molecule has 3 rings (SSSR count). The van der Waals surface area contributed by atoms with E-state index in [1.165, 1.54) is 20.2 Å². The summed E-state index contributed by atoms with van der Waals surface area (Å²) in [6.07, 6.45) is 0.805. The predicted molar refractivity (Wildman–Crippen MR) is 99.7 cm³/mol. The van der Waals surface area contributed by atoms with Crippen molar-refractivity contribution in [2.45, 2.75) is 24.4 Å². The summed E-state index contributed by atoms with van der Waals surface area (Å²) in [4.78, 5) is 12.7. The largest absolute Gasteiger partial charge is 0.347 e. The van der Waals surface area contributed by atoms with Gasteiger partial charge >= 0.3 is 0 Å². The summed E-state index contributed by atoms with van der Waals surface area (Å²) in [5.74, 6) is -0.321. The van der Waals surface area contributed by atoms with Crippen LogP contribution in [0.25, 0.3) is 0 Å². The first-order chi connectivity index (χ1) is 11.9. The number of carbonyl (C=O) groups is 1. The summed E-state index contributed by atoms with van der Waals surface area (Å²) in [6.45, 7) is 1.56. The molecule has 3 N–H and O–H groups in total. The Bertz CT molecular complexity index is 895. The maximum absolute atomic E-state index is 12.5. The van der Waals surface area contributed by atoms with Crippen LogP contribution in [0.5, 0.6) is 0 Å². The second-order valence-electron chi connectivity index (χ2n) is 6.03. The predicted octanol–water partition coefficient (Wildman–Crippen LogP) is 0.658. The van der Waals surface area contributed by atoms with Crippen molar-refractivity contribution in [2.24, 2.45) is 0 Å². The molecule has 0 atom stereocenters. The fourth-order valence-electron chi connectivity index (χ4n) is 2.77. The highest BCUT2D eigenvalue weighted by Gasteiger charge is 2.23. The van der Waals surface area contributed by atoms with Gasteiger partial charge in [-0.1, -0.05) is 18.2 Å². The zero-order valence-corrected chi connectivity index (χ0v) is 16.2. The Balaban J connectivity index is 0.00000243. The molecule has 2 heterocycles. The number of amides is 1. The lowest BCUT2D eigenvalue weighted by Gasteiger charge is -2.16. The van der Waals surface area contributed by atoms with Gasteiger partial charge in [0, 0.05) is 51.4 Å². The van der Waals surface area contributed by atoms with E-state index in [0.29, 0.717) is 17.8 Å². The van der Waals surface area contributed by atoms with Crippen LogP contribution in [0, 0.1) is 0 Å². The van der Waals surface area contributed by atoms with Gasteiger partial charge in [0.05, 0.1) is 4.90 Å². The van der Waals surface area contributed by atoms with Crippen molar-refractivity contribution in [1.29, 1.82) is 0 Å². The maximum Gasteiger partial charge on any atom is 0.272 e. The summed E-state index contributed by atoms with van der Waals surface area (Å²) in [5.41, 5.74) is 2.74. The highest BCUT2D eigenvalue weighted by Crippen LogP contribution is 2.19. The Morgan fingerprint density at radius 1 is 1.31 bits per heavy atom. The molecule has 0 radical (unpaired) electrons. The fourth-order valence-corrected chi connectivity index (χ4v) is 3.89.